The number of aliphatic hydroxyl groups is 1. The molecule has 0 bridgehead atoms. The molecule has 2 aromatic rings. The van der Waals surface area contributed by atoms with Crippen molar-refractivity contribution in [3.05, 3.63) is 119 Å². The van der Waals surface area contributed by atoms with Gasteiger partial charge in [0.25, 0.3) is 0 Å². The van der Waals surface area contributed by atoms with Crippen molar-refractivity contribution in [2.24, 2.45) is 0 Å². The van der Waals surface area contributed by atoms with Gasteiger partial charge in [-0.3, -0.25) is 4.79 Å². The van der Waals surface area contributed by atoms with Gasteiger partial charge >= 0.3 is 6.18 Å². The largest absolute Gasteiger partial charge is 0.492 e. The molecule has 1 saturated carbocycles. The third kappa shape index (κ3) is 11.3. The standard InChI is InChI=1S/C41H49F4N3O3/c1-5-12-33(51-28-40(21-22-40)47-23-11-16-38(50)48-26-32(49)27-48)19-17-29(7-3)39(35(25-41(43,44)45)30-14-9-8-10-15-30)31-18-20-37(46-4)34(24-31)36(42)13-6-2/h7-20,24,32,46-47,49H,5-6,21-23,25-28H2,1-4H3/b16-11+,19-17-,29-7+,33-12-,36-13-,39-35+. The number of benzene rings is 2. The molecular weight excluding hydrogens is 658 g/mol. The Morgan fingerprint density at radius 1 is 1.02 bits per heavy atom. The number of rotatable bonds is 17. The zero-order valence-corrected chi connectivity index (χ0v) is 29.8. The molecule has 3 N–H and O–H groups in total. The minimum Gasteiger partial charge on any atom is -0.492 e. The summed E-state index contributed by atoms with van der Waals surface area (Å²) in [4.78, 5) is 13.7. The summed E-state index contributed by atoms with van der Waals surface area (Å²) in [5.74, 6) is -0.0105. The molecule has 0 spiro atoms. The average Bonchev–Trinajstić information content (AvgIpc) is 3.88. The summed E-state index contributed by atoms with van der Waals surface area (Å²) in [6.45, 7) is 7.13. The van der Waals surface area contributed by atoms with Crippen LogP contribution in [0.25, 0.3) is 17.0 Å². The molecule has 0 aromatic heterocycles. The number of carbonyl (C=O) groups is 1. The van der Waals surface area contributed by atoms with Gasteiger partial charge in [-0.2, -0.15) is 13.2 Å². The summed E-state index contributed by atoms with van der Waals surface area (Å²) in [5.41, 5.74) is 2.35. The highest BCUT2D eigenvalue weighted by molar-refractivity contribution is 6.00. The van der Waals surface area contributed by atoms with E-state index in [4.69, 9.17) is 4.74 Å². The first-order valence-corrected chi connectivity index (χ1v) is 17.5. The molecule has 0 unspecified atom stereocenters. The van der Waals surface area contributed by atoms with Crippen molar-refractivity contribution >= 4 is 28.6 Å². The Morgan fingerprint density at radius 3 is 2.31 bits per heavy atom. The van der Waals surface area contributed by atoms with Gasteiger partial charge in [-0.25, -0.2) is 4.39 Å². The van der Waals surface area contributed by atoms with E-state index in [0.717, 1.165) is 12.8 Å². The van der Waals surface area contributed by atoms with Gasteiger partial charge in [0, 0.05) is 44.0 Å². The van der Waals surface area contributed by atoms with E-state index in [9.17, 15) is 23.1 Å². The fraction of sp³-hybridized carbons (Fsp3) is 0.390. The molecule has 1 saturated heterocycles. The molecule has 1 aliphatic carbocycles. The summed E-state index contributed by atoms with van der Waals surface area (Å²) in [6.07, 6.45) is 8.72. The number of halogens is 4. The topological polar surface area (TPSA) is 73.8 Å². The zero-order valence-electron chi connectivity index (χ0n) is 29.8. The smallest absolute Gasteiger partial charge is 0.393 e. The van der Waals surface area contributed by atoms with Gasteiger partial charge in [0.1, 0.15) is 18.2 Å². The second kappa shape index (κ2) is 18.2. The molecule has 0 radical (unpaired) electrons. The van der Waals surface area contributed by atoms with Crippen molar-refractivity contribution in [1.29, 1.82) is 0 Å². The van der Waals surface area contributed by atoms with E-state index in [2.05, 4.69) is 10.6 Å². The van der Waals surface area contributed by atoms with Crippen LogP contribution in [0.15, 0.2) is 102 Å². The van der Waals surface area contributed by atoms with Crippen LogP contribution in [0.3, 0.4) is 0 Å². The Bertz CT molecular complexity index is 1680. The lowest BCUT2D eigenvalue weighted by molar-refractivity contribution is -0.135. The number of allylic oxidation sites excluding steroid dienone is 8. The lowest BCUT2D eigenvalue weighted by Gasteiger charge is -2.34. The maximum Gasteiger partial charge on any atom is 0.393 e. The van der Waals surface area contributed by atoms with Crippen molar-refractivity contribution in [1.82, 2.24) is 10.2 Å². The second-order valence-electron chi connectivity index (χ2n) is 12.8. The molecule has 6 nitrogen and oxygen atoms in total. The molecule has 0 atom stereocenters. The first kappa shape index (κ1) is 39.4. The first-order chi connectivity index (χ1) is 24.4. The monoisotopic (exact) mass is 707 g/mol. The van der Waals surface area contributed by atoms with Gasteiger partial charge in [0.05, 0.1) is 18.1 Å². The second-order valence-corrected chi connectivity index (χ2v) is 12.8. The van der Waals surface area contributed by atoms with Gasteiger partial charge in [-0.05, 0) is 90.8 Å². The predicted molar refractivity (Wildman–Crippen MR) is 198 cm³/mol. The van der Waals surface area contributed by atoms with Crippen molar-refractivity contribution in [3.8, 4) is 0 Å². The van der Waals surface area contributed by atoms with Crippen LogP contribution in [0.5, 0.6) is 0 Å². The molecular formula is C41H49F4N3O3. The summed E-state index contributed by atoms with van der Waals surface area (Å²) < 4.78 is 64.5. The summed E-state index contributed by atoms with van der Waals surface area (Å²) in [5, 5.41) is 15.9. The Labute approximate surface area is 299 Å². The van der Waals surface area contributed by atoms with Gasteiger partial charge in [-0.15, -0.1) is 0 Å². The lowest BCUT2D eigenvalue weighted by atomic mass is 9.86. The van der Waals surface area contributed by atoms with Crippen LogP contribution in [0.2, 0.25) is 0 Å². The van der Waals surface area contributed by atoms with Crippen molar-refractivity contribution in [3.63, 3.8) is 0 Å². The van der Waals surface area contributed by atoms with Crippen LogP contribution in [-0.2, 0) is 9.53 Å². The molecule has 2 aliphatic rings. The normalized spacial score (nSPS) is 17.5. The molecule has 2 fully saturated rings. The molecule has 1 heterocycles. The fourth-order valence-corrected chi connectivity index (χ4v) is 5.89. The number of nitrogens with zero attached hydrogens (tertiary/aromatic N) is 1. The van der Waals surface area contributed by atoms with Gasteiger partial charge in [-0.1, -0.05) is 68.5 Å². The Morgan fingerprint density at radius 2 is 1.73 bits per heavy atom. The van der Waals surface area contributed by atoms with Gasteiger partial charge < -0.3 is 25.4 Å². The maximum atomic E-state index is 15.4. The Balaban J connectivity index is 1.65. The van der Waals surface area contributed by atoms with Crippen LogP contribution in [0.4, 0.5) is 23.2 Å². The zero-order chi connectivity index (χ0) is 37.0. The van der Waals surface area contributed by atoms with Crippen LogP contribution in [0, 0.1) is 0 Å². The van der Waals surface area contributed by atoms with E-state index in [0.29, 0.717) is 72.8 Å². The maximum absolute atomic E-state index is 15.4. The molecule has 274 valence electrons. The number of β-amino-alcohol motifs (C(OH)–C–C–N with tert-alkyl or cyclic N) is 1. The number of likely N-dealkylation sites (tertiary alicyclic amines) is 1. The summed E-state index contributed by atoms with van der Waals surface area (Å²) >= 11 is 0. The van der Waals surface area contributed by atoms with Crippen molar-refractivity contribution < 1.29 is 32.2 Å². The van der Waals surface area contributed by atoms with E-state index >= 15 is 4.39 Å². The molecule has 2 aromatic carbocycles. The number of hydrogen-bond donors (Lipinski definition) is 3. The van der Waals surface area contributed by atoms with E-state index in [1.807, 2.05) is 19.9 Å². The van der Waals surface area contributed by atoms with Crippen LogP contribution < -0.4 is 10.6 Å². The molecule has 1 amide bonds. The van der Waals surface area contributed by atoms with Crippen LogP contribution in [-0.4, -0.2) is 67.0 Å². The number of nitrogens with one attached hydrogen (secondary N) is 2. The molecule has 51 heavy (non-hydrogen) atoms. The summed E-state index contributed by atoms with van der Waals surface area (Å²) in [7, 11) is 1.68. The van der Waals surface area contributed by atoms with Crippen LogP contribution in [0.1, 0.15) is 69.6 Å². The summed E-state index contributed by atoms with van der Waals surface area (Å²) in [6, 6.07) is 13.5. The number of ether oxygens (including phenoxy) is 1. The Kier molecular flexibility index (Phi) is 14.0. The van der Waals surface area contributed by atoms with E-state index in [1.54, 1.807) is 91.7 Å². The average molecular weight is 708 g/mol. The number of anilines is 1. The van der Waals surface area contributed by atoms with E-state index in [1.165, 1.54) is 12.2 Å². The minimum absolute atomic E-state index is 0.0729. The van der Waals surface area contributed by atoms with E-state index < -0.39 is 24.5 Å². The minimum atomic E-state index is -4.51. The molecule has 1 aliphatic heterocycles. The molecule has 4 rings (SSSR count). The molecule has 10 heteroatoms. The van der Waals surface area contributed by atoms with Crippen molar-refractivity contribution in [2.45, 2.75) is 70.7 Å². The highest BCUT2D eigenvalue weighted by Crippen LogP contribution is 2.42. The number of amides is 1. The number of aliphatic hydroxyl groups excluding tert-OH is 1. The van der Waals surface area contributed by atoms with Crippen molar-refractivity contribution in [2.75, 3.05) is 38.6 Å². The predicted octanol–water partition coefficient (Wildman–Crippen LogP) is 9.01. The fourth-order valence-electron chi connectivity index (χ4n) is 5.89. The van der Waals surface area contributed by atoms with E-state index in [-0.39, 0.29) is 22.6 Å². The number of carbonyl (C=O) groups excluding carboxylic acids is 1. The third-order valence-corrected chi connectivity index (χ3v) is 8.85. The lowest BCUT2D eigenvalue weighted by Crippen LogP contribution is -2.53. The third-order valence-electron chi connectivity index (χ3n) is 8.85. The number of alkyl halides is 3. The first-order valence-electron chi connectivity index (χ1n) is 17.5. The van der Waals surface area contributed by atoms with Gasteiger partial charge in [0.2, 0.25) is 5.91 Å². The number of hydrogen-bond acceptors (Lipinski definition) is 5. The SMILES string of the molecule is C/C=C(\C=C/C(=C/CC)OCC1(NC/C=C/C(=O)N2CC(O)C2)CC1)C(=C(/CC(F)(F)F)c1ccccc1)/c1ccc(NC)c(/C(F)=C/CC)c1. The van der Waals surface area contributed by atoms with Gasteiger partial charge in [0.15, 0.2) is 0 Å². The van der Waals surface area contributed by atoms with Crippen LogP contribution >= 0.6 is 0 Å². The quantitative estimate of drug-likeness (QED) is 0.0504. The Hall–Kier alpha value is -4.41. The highest BCUT2D eigenvalue weighted by atomic mass is 19.4. The highest BCUT2D eigenvalue weighted by Gasteiger charge is 2.43.